The summed E-state index contributed by atoms with van der Waals surface area (Å²) in [6.07, 6.45) is 9.89. The van der Waals surface area contributed by atoms with Crippen LogP contribution in [0.1, 0.15) is 93.1 Å². The molecule has 44 heavy (non-hydrogen) atoms. The maximum Gasteiger partial charge on any atom is 0.257 e. The first-order valence-electron chi connectivity index (χ1n) is 17.3. The number of fused-ring (bicyclic) bond motifs is 1. The monoisotopic (exact) mass is 602 g/mol. The van der Waals surface area contributed by atoms with Gasteiger partial charge in [-0.05, 0) is 95.6 Å². The van der Waals surface area contributed by atoms with Crippen molar-refractivity contribution in [1.82, 2.24) is 14.7 Å². The maximum atomic E-state index is 14.4. The standard InChI is InChI=1S/C37H54N4O3/c1-29(2)39-23-12-24-41(36(42)31-15-5-4-6-16-31)35-30(3)14-11-17-32(35)28-40(26-25-39)37(43)33-18-7-8-19-34(33)44-27-13-22-38-20-9-10-21-38/h7-8,11,14,17-19,29,31H,4-6,9-10,12-13,15-16,20-28H2,1-3H3. The first kappa shape index (κ1) is 32.5. The summed E-state index contributed by atoms with van der Waals surface area (Å²) in [5.74, 6) is 1.00. The Kier molecular flexibility index (Phi) is 11.7. The minimum Gasteiger partial charge on any atom is -0.493 e. The van der Waals surface area contributed by atoms with Gasteiger partial charge in [0.2, 0.25) is 5.91 Å². The summed E-state index contributed by atoms with van der Waals surface area (Å²) >= 11 is 0. The van der Waals surface area contributed by atoms with Crippen LogP contribution in [0.4, 0.5) is 5.69 Å². The molecule has 1 saturated carbocycles. The summed E-state index contributed by atoms with van der Waals surface area (Å²) in [7, 11) is 0. The molecule has 2 heterocycles. The second-order valence-corrected chi connectivity index (χ2v) is 13.4. The smallest absolute Gasteiger partial charge is 0.257 e. The lowest BCUT2D eigenvalue weighted by molar-refractivity contribution is -0.123. The van der Waals surface area contributed by atoms with Crippen molar-refractivity contribution in [2.45, 2.75) is 91.1 Å². The van der Waals surface area contributed by atoms with Gasteiger partial charge in [0, 0.05) is 51.2 Å². The highest BCUT2D eigenvalue weighted by atomic mass is 16.5. The summed E-state index contributed by atoms with van der Waals surface area (Å²) < 4.78 is 6.26. The zero-order valence-corrected chi connectivity index (χ0v) is 27.4. The zero-order chi connectivity index (χ0) is 30.9. The lowest BCUT2D eigenvalue weighted by Crippen LogP contribution is -2.42. The highest BCUT2D eigenvalue weighted by Gasteiger charge is 2.31. The third-order valence-electron chi connectivity index (χ3n) is 9.87. The average molecular weight is 603 g/mol. The van der Waals surface area contributed by atoms with Gasteiger partial charge in [-0.2, -0.15) is 0 Å². The molecule has 1 saturated heterocycles. The van der Waals surface area contributed by atoms with Crippen molar-refractivity contribution in [2.24, 2.45) is 5.92 Å². The molecule has 0 atom stereocenters. The van der Waals surface area contributed by atoms with E-state index in [0.29, 0.717) is 43.6 Å². The van der Waals surface area contributed by atoms with E-state index in [9.17, 15) is 9.59 Å². The fourth-order valence-corrected chi connectivity index (χ4v) is 7.32. The van der Waals surface area contributed by atoms with Gasteiger partial charge in [0.15, 0.2) is 0 Å². The van der Waals surface area contributed by atoms with E-state index in [4.69, 9.17) is 4.74 Å². The topological polar surface area (TPSA) is 56.3 Å². The number of ether oxygens (including phenoxy) is 1. The third-order valence-corrected chi connectivity index (χ3v) is 9.87. The van der Waals surface area contributed by atoms with Crippen molar-refractivity contribution in [3.63, 3.8) is 0 Å². The van der Waals surface area contributed by atoms with E-state index >= 15 is 0 Å². The molecule has 0 radical (unpaired) electrons. The molecule has 0 spiro atoms. The number of para-hydroxylation sites is 2. The molecular formula is C37H54N4O3. The van der Waals surface area contributed by atoms with Crippen molar-refractivity contribution in [1.29, 1.82) is 0 Å². The van der Waals surface area contributed by atoms with E-state index in [2.05, 4.69) is 53.7 Å². The molecule has 2 aromatic rings. The number of nitrogens with zero attached hydrogens (tertiary/aromatic N) is 4. The number of hydrogen-bond acceptors (Lipinski definition) is 5. The zero-order valence-electron chi connectivity index (χ0n) is 27.4. The fourth-order valence-electron chi connectivity index (χ4n) is 7.32. The largest absolute Gasteiger partial charge is 0.493 e. The molecular weight excluding hydrogens is 548 g/mol. The van der Waals surface area contributed by atoms with Crippen molar-refractivity contribution in [3.05, 3.63) is 59.2 Å². The number of carbonyl (C=O) groups excluding carboxylic acids is 2. The number of amides is 2. The Morgan fingerprint density at radius 3 is 2.39 bits per heavy atom. The summed E-state index contributed by atoms with van der Waals surface area (Å²) in [5.41, 5.74) is 3.76. The molecule has 0 N–H and O–H groups in total. The molecule has 7 nitrogen and oxygen atoms in total. The Balaban J connectivity index is 1.41. The predicted molar refractivity (Wildman–Crippen MR) is 178 cm³/mol. The van der Waals surface area contributed by atoms with Crippen molar-refractivity contribution < 1.29 is 14.3 Å². The van der Waals surface area contributed by atoms with Crippen LogP contribution >= 0.6 is 0 Å². The Labute approximate surface area is 265 Å². The number of carbonyl (C=O) groups is 2. The van der Waals surface area contributed by atoms with Gasteiger partial charge in [-0.15, -0.1) is 0 Å². The van der Waals surface area contributed by atoms with Crippen LogP contribution in [0, 0.1) is 12.8 Å². The SMILES string of the molecule is Cc1cccc2c1N(C(=O)C1CCCCC1)CCCN(C(C)C)CCN(C(=O)c1ccccc1OCCCN1CCCC1)C2. The summed E-state index contributed by atoms with van der Waals surface area (Å²) in [6.45, 7) is 14.0. The van der Waals surface area contributed by atoms with Gasteiger partial charge in [0.25, 0.3) is 5.91 Å². The van der Waals surface area contributed by atoms with Crippen molar-refractivity contribution in [2.75, 3.05) is 57.3 Å². The van der Waals surface area contributed by atoms with Gasteiger partial charge < -0.3 is 19.4 Å². The number of rotatable bonds is 8. The third kappa shape index (κ3) is 8.22. The summed E-state index contributed by atoms with van der Waals surface area (Å²) in [5, 5.41) is 0. The number of hydrogen-bond donors (Lipinski definition) is 0. The number of likely N-dealkylation sites (tertiary alicyclic amines) is 1. The lowest BCUT2D eigenvalue weighted by Gasteiger charge is -2.33. The predicted octanol–water partition coefficient (Wildman–Crippen LogP) is 6.53. The quantitative estimate of drug-likeness (QED) is 0.322. The normalized spacial score (nSPS) is 19.5. The van der Waals surface area contributed by atoms with Gasteiger partial charge in [0.1, 0.15) is 5.75 Å². The van der Waals surface area contributed by atoms with Gasteiger partial charge in [-0.1, -0.05) is 49.6 Å². The molecule has 2 fully saturated rings. The summed E-state index contributed by atoms with van der Waals surface area (Å²) in [4.78, 5) is 37.5. The Morgan fingerprint density at radius 2 is 1.61 bits per heavy atom. The van der Waals surface area contributed by atoms with Crippen LogP contribution in [0.15, 0.2) is 42.5 Å². The first-order chi connectivity index (χ1) is 21.4. The second kappa shape index (κ2) is 15.9. The maximum absolute atomic E-state index is 14.4. The fraction of sp³-hybridized carbons (Fsp3) is 0.622. The lowest BCUT2D eigenvalue weighted by atomic mass is 9.87. The van der Waals surface area contributed by atoms with Crippen molar-refractivity contribution in [3.8, 4) is 5.75 Å². The molecule has 2 aromatic carbocycles. The number of benzene rings is 2. The van der Waals surface area contributed by atoms with Crippen LogP contribution in [-0.2, 0) is 11.3 Å². The minimum atomic E-state index is -0.0132. The van der Waals surface area contributed by atoms with Gasteiger partial charge in [0.05, 0.1) is 17.9 Å². The Hall–Kier alpha value is -2.90. The molecule has 0 unspecified atom stereocenters. The van der Waals surface area contributed by atoms with Gasteiger partial charge >= 0.3 is 0 Å². The van der Waals surface area contributed by atoms with Gasteiger partial charge in [-0.3, -0.25) is 14.5 Å². The van der Waals surface area contributed by atoms with Crippen LogP contribution in [0.3, 0.4) is 0 Å². The molecule has 3 aliphatic rings. The van der Waals surface area contributed by atoms with E-state index in [1.54, 1.807) is 0 Å². The van der Waals surface area contributed by atoms with Gasteiger partial charge in [-0.25, -0.2) is 0 Å². The highest BCUT2D eigenvalue weighted by molar-refractivity contribution is 5.98. The molecule has 5 rings (SSSR count). The second-order valence-electron chi connectivity index (χ2n) is 13.4. The number of anilines is 1. The van der Waals surface area contributed by atoms with E-state index in [-0.39, 0.29) is 17.7 Å². The van der Waals surface area contributed by atoms with E-state index in [0.717, 1.165) is 75.0 Å². The van der Waals surface area contributed by atoms with Crippen LogP contribution in [0.2, 0.25) is 0 Å². The van der Waals surface area contributed by atoms with Crippen LogP contribution in [0.5, 0.6) is 5.75 Å². The van der Waals surface area contributed by atoms with Crippen molar-refractivity contribution >= 4 is 17.5 Å². The van der Waals surface area contributed by atoms with Crippen LogP contribution in [0.25, 0.3) is 0 Å². The Morgan fingerprint density at radius 1 is 0.841 bits per heavy atom. The molecule has 0 bridgehead atoms. The molecule has 2 aliphatic heterocycles. The molecule has 240 valence electrons. The summed E-state index contributed by atoms with van der Waals surface area (Å²) in [6, 6.07) is 14.4. The molecule has 1 aliphatic carbocycles. The van der Waals surface area contributed by atoms with Crippen LogP contribution < -0.4 is 9.64 Å². The van der Waals surface area contributed by atoms with Crippen LogP contribution in [-0.4, -0.2) is 85.0 Å². The minimum absolute atomic E-state index is 0.0132. The highest BCUT2D eigenvalue weighted by Crippen LogP contribution is 2.33. The van der Waals surface area contributed by atoms with E-state index < -0.39 is 0 Å². The molecule has 7 heteroatoms. The number of aryl methyl sites for hydroxylation is 1. The molecule has 2 amide bonds. The van der Waals surface area contributed by atoms with E-state index in [1.165, 1.54) is 32.4 Å². The average Bonchev–Trinajstić information content (AvgIpc) is 3.55. The van der Waals surface area contributed by atoms with E-state index in [1.807, 2.05) is 29.2 Å². The Bertz CT molecular complexity index is 1240. The first-order valence-corrected chi connectivity index (χ1v) is 17.3. The molecule has 0 aromatic heterocycles.